The summed E-state index contributed by atoms with van der Waals surface area (Å²) in [7, 11) is 1.75. The van der Waals surface area contributed by atoms with E-state index in [2.05, 4.69) is 0 Å². The fourth-order valence-corrected chi connectivity index (χ4v) is 1.19. The molecule has 2 amide bonds. The molecule has 1 aliphatic heterocycles. The number of piperazine rings is 1. The van der Waals surface area contributed by atoms with Crippen molar-refractivity contribution in [3.05, 3.63) is 0 Å². The molecule has 6 nitrogen and oxygen atoms in total. The zero-order valence-electron chi connectivity index (χ0n) is 7.62. The molecule has 74 valence electrons. The van der Waals surface area contributed by atoms with Gasteiger partial charge in [-0.2, -0.15) is 0 Å². The van der Waals surface area contributed by atoms with Gasteiger partial charge in [-0.1, -0.05) is 0 Å². The van der Waals surface area contributed by atoms with Gasteiger partial charge in [-0.25, -0.2) is 5.84 Å². The van der Waals surface area contributed by atoms with Gasteiger partial charge in [0.05, 0.1) is 13.1 Å². The van der Waals surface area contributed by atoms with Gasteiger partial charge in [-0.15, -0.1) is 0 Å². The van der Waals surface area contributed by atoms with Crippen molar-refractivity contribution in [2.45, 2.75) is 0 Å². The van der Waals surface area contributed by atoms with Gasteiger partial charge >= 0.3 is 0 Å². The number of rotatable bonds is 2. The van der Waals surface area contributed by atoms with Crippen LogP contribution in [0.25, 0.3) is 0 Å². The number of nitrogens with zero attached hydrogens (tertiary/aromatic N) is 2. The van der Waals surface area contributed by atoms with E-state index in [1.807, 2.05) is 5.43 Å². The van der Waals surface area contributed by atoms with E-state index < -0.39 is 0 Å². The fraction of sp³-hybridized carbons (Fsp3) is 0.714. The van der Waals surface area contributed by atoms with Crippen LogP contribution >= 0.6 is 0 Å². The summed E-state index contributed by atoms with van der Waals surface area (Å²) in [5.41, 5.74) is 2.03. The largest absolute Gasteiger partial charge is 0.343 e. The molecule has 3 N–H and O–H groups in total. The molecule has 0 aromatic carbocycles. The second-order valence-electron chi connectivity index (χ2n) is 3.09. The van der Waals surface area contributed by atoms with E-state index in [0.29, 0.717) is 13.1 Å². The lowest BCUT2D eigenvalue weighted by atomic mass is 10.3. The Hall–Kier alpha value is -1.14. The Morgan fingerprint density at radius 1 is 1.62 bits per heavy atom. The number of carbonyl (C=O) groups excluding carboxylic acids is 2. The molecule has 0 unspecified atom stereocenters. The van der Waals surface area contributed by atoms with Gasteiger partial charge in [0.25, 0.3) is 0 Å². The molecule has 0 saturated carbocycles. The number of hydrazine groups is 1. The Balaban J connectivity index is 2.37. The van der Waals surface area contributed by atoms with Crippen molar-refractivity contribution in [1.29, 1.82) is 0 Å². The van der Waals surface area contributed by atoms with E-state index in [4.69, 9.17) is 5.84 Å². The first-order valence-electron chi connectivity index (χ1n) is 4.09. The topological polar surface area (TPSA) is 78.7 Å². The molecule has 0 aliphatic carbocycles. The molecule has 0 aromatic rings. The SMILES string of the molecule is CN1CCN(CC(=O)NN)CC1=O. The lowest BCUT2D eigenvalue weighted by Crippen LogP contribution is -2.51. The van der Waals surface area contributed by atoms with Crippen LogP contribution in [-0.2, 0) is 9.59 Å². The summed E-state index contributed by atoms with van der Waals surface area (Å²) in [5.74, 6) is 4.70. The lowest BCUT2D eigenvalue weighted by Gasteiger charge is -2.31. The molecule has 6 heteroatoms. The Labute approximate surface area is 76.6 Å². The molecule has 13 heavy (non-hydrogen) atoms. The van der Waals surface area contributed by atoms with Crippen molar-refractivity contribution < 1.29 is 9.59 Å². The molecule has 1 aliphatic rings. The van der Waals surface area contributed by atoms with Crippen LogP contribution in [-0.4, -0.2) is 54.8 Å². The Kier molecular flexibility index (Phi) is 3.21. The monoisotopic (exact) mass is 186 g/mol. The van der Waals surface area contributed by atoms with Crippen molar-refractivity contribution in [3.63, 3.8) is 0 Å². The van der Waals surface area contributed by atoms with Gasteiger partial charge < -0.3 is 4.90 Å². The molecule has 1 heterocycles. The van der Waals surface area contributed by atoms with Crippen LogP contribution < -0.4 is 11.3 Å². The number of carbonyl (C=O) groups is 2. The number of amides is 2. The van der Waals surface area contributed by atoms with E-state index in [0.717, 1.165) is 6.54 Å². The molecule has 1 saturated heterocycles. The highest BCUT2D eigenvalue weighted by Crippen LogP contribution is 1.99. The van der Waals surface area contributed by atoms with Crippen LogP contribution in [0, 0.1) is 0 Å². The highest BCUT2D eigenvalue weighted by molar-refractivity contribution is 5.81. The molecular formula is C7H14N4O2. The van der Waals surface area contributed by atoms with Gasteiger partial charge in [0.15, 0.2) is 0 Å². The Morgan fingerprint density at radius 3 is 2.85 bits per heavy atom. The Morgan fingerprint density at radius 2 is 2.31 bits per heavy atom. The van der Waals surface area contributed by atoms with Crippen LogP contribution in [0.15, 0.2) is 0 Å². The second-order valence-corrected chi connectivity index (χ2v) is 3.09. The molecule has 0 spiro atoms. The van der Waals surface area contributed by atoms with Gasteiger partial charge in [0, 0.05) is 20.1 Å². The minimum atomic E-state index is -0.266. The summed E-state index contributed by atoms with van der Waals surface area (Å²) in [4.78, 5) is 25.5. The summed E-state index contributed by atoms with van der Waals surface area (Å²) in [5, 5.41) is 0. The second kappa shape index (κ2) is 4.20. The standard InChI is InChI=1S/C7H14N4O2/c1-10-2-3-11(5-7(10)13)4-6(12)9-8/h2-5,8H2,1H3,(H,9,12). The number of nitrogens with two attached hydrogens (primary N) is 1. The molecule has 0 atom stereocenters. The van der Waals surface area contributed by atoms with Crippen LogP contribution in [0.4, 0.5) is 0 Å². The van der Waals surface area contributed by atoms with Crippen molar-refractivity contribution in [2.24, 2.45) is 5.84 Å². The maximum absolute atomic E-state index is 11.2. The normalized spacial score (nSPS) is 18.9. The molecule has 0 bridgehead atoms. The summed E-state index contributed by atoms with van der Waals surface area (Å²) >= 11 is 0. The molecule has 0 aromatic heterocycles. The molecule has 1 rings (SSSR count). The first kappa shape index (κ1) is 9.94. The number of likely N-dealkylation sites (N-methyl/N-ethyl adjacent to an activating group) is 1. The van der Waals surface area contributed by atoms with E-state index in [-0.39, 0.29) is 18.4 Å². The van der Waals surface area contributed by atoms with E-state index >= 15 is 0 Å². The molecule has 1 fully saturated rings. The third-order valence-corrected chi connectivity index (χ3v) is 2.06. The van der Waals surface area contributed by atoms with Gasteiger partial charge in [0.2, 0.25) is 11.8 Å². The van der Waals surface area contributed by atoms with Gasteiger partial charge in [-0.3, -0.25) is 19.9 Å². The van der Waals surface area contributed by atoms with Crippen molar-refractivity contribution in [2.75, 3.05) is 33.2 Å². The van der Waals surface area contributed by atoms with Crippen molar-refractivity contribution >= 4 is 11.8 Å². The first-order valence-corrected chi connectivity index (χ1v) is 4.09. The Bertz CT molecular complexity index is 217. The van der Waals surface area contributed by atoms with Gasteiger partial charge in [-0.05, 0) is 0 Å². The quantitative estimate of drug-likeness (QED) is 0.290. The van der Waals surface area contributed by atoms with E-state index in [1.165, 1.54) is 0 Å². The zero-order valence-corrected chi connectivity index (χ0v) is 7.62. The maximum atomic E-state index is 11.2. The number of hydrogen-bond acceptors (Lipinski definition) is 4. The predicted octanol–water partition coefficient (Wildman–Crippen LogP) is -2.25. The summed E-state index contributed by atoms with van der Waals surface area (Å²) in [6.07, 6.45) is 0. The molecular weight excluding hydrogens is 172 g/mol. The third-order valence-electron chi connectivity index (χ3n) is 2.06. The lowest BCUT2D eigenvalue weighted by molar-refractivity contribution is -0.135. The number of nitrogens with one attached hydrogen (secondary N) is 1. The number of hydrogen-bond donors (Lipinski definition) is 2. The minimum absolute atomic E-state index is 0.0380. The van der Waals surface area contributed by atoms with Crippen LogP contribution in [0.5, 0.6) is 0 Å². The summed E-state index contributed by atoms with van der Waals surface area (Å²) in [6, 6.07) is 0. The average Bonchev–Trinajstić information content (AvgIpc) is 2.11. The van der Waals surface area contributed by atoms with Crippen molar-refractivity contribution in [3.8, 4) is 0 Å². The maximum Gasteiger partial charge on any atom is 0.248 e. The van der Waals surface area contributed by atoms with Crippen molar-refractivity contribution in [1.82, 2.24) is 15.2 Å². The smallest absolute Gasteiger partial charge is 0.248 e. The van der Waals surface area contributed by atoms with Crippen LogP contribution in [0.1, 0.15) is 0 Å². The average molecular weight is 186 g/mol. The van der Waals surface area contributed by atoms with E-state index in [1.54, 1.807) is 16.8 Å². The van der Waals surface area contributed by atoms with Crippen LogP contribution in [0.2, 0.25) is 0 Å². The summed E-state index contributed by atoms with van der Waals surface area (Å²) in [6.45, 7) is 1.87. The van der Waals surface area contributed by atoms with Gasteiger partial charge in [0.1, 0.15) is 0 Å². The highest BCUT2D eigenvalue weighted by Gasteiger charge is 2.21. The highest BCUT2D eigenvalue weighted by atomic mass is 16.2. The zero-order chi connectivity index (χ0) is 9.84. The molecule has 0 radical (unpaired) electrons. The fourth-order valence-electron chi connectivity index (χ4n) is 1.19. The predicted molar refractivity (Wildman–Crippen MR) is 46.4 cm³/mol. The summed E-state index contributed by atoms with van der Waals surface area (Å²) < 4.78 is 0. The minimum Gasteiger partial charge on any atom is -0.343 e. The van der Waals surface area contributed by atoms with E-state index in [9.17, 15) is 9.59 Å². The van der Waals surface area contributed by atoms with Crippen LogP contribution in [0.3, 0.4) is 0 Å². The third kappa shape index (κ3) is 2.67. The first-order chi connectivity index (χ1) is 6.13.